The molecular weight excluding hydrogens is 166 g/mol. The Bertz CT molecular complexity index is 389. The van der Waals surface area contributed by atoms with Crippen molar-refractivity contribution in [2.24, 2.45) is 5.73 Å². The van der Waals surface area contributed by atoms with Crippen molar-refractivity contribution < 1.29 is 0 Å². The third-order valence-corrected chi connectivity index (χ3v) is 1.74. The second-order valence-corrected chi connectivity index (χ2v) is 2.93. The molecule has 0 radical (unpaired) electrons. The van der Waals surface area contributed by atoms with Gasteiger partial charge in [-0.3, -0.25) is 4.79 Å². The number of hydrogen-bond acceptors (Lipinski definition) is 3. The number of nitrogens with two attached hydrogens (primary N) is 1. The van der Waals surface area contributed by atoms with E-state index in [2.05, 4.69) is 4.98 Å². The van der Waals surface area contributed by atoms with Gasteiger partial charge in [0.05, 0.1) is 12.5 Å². The van der Waals surface area contributed by atoms with Gasteiger partial charge >= 0.3 is 0 Å². The Labute approximate surface area is 76.0 Å². The molecule has 1 heterocycles. The molecule has 1 aromatic rings. The maximum atomic E-state index is 11.0. The van der Waals surface area contributed by atoms with Crippen molar-refractivity contribution in [1.29, 1.82) is 5.26 Å². The summed E-state index contributed by atoms with van der Waals surface area (Å²) < 4.78 is 0. The fraction of sp³-hybridized carbons (Fsp3) is 0.333. The summed E-state index contributed by atoms with van der Waals surface area (Å²) in [5, 5.41) is 8.42. The van der Waals surface area contributed by atoms with E-state index in [9.17, 15) is 4.79 Å². The highest BCUT2D eigenvalue weighted by Crippen LogP contribution is 2.11. The minimum atomic E-state index is -0.369. The summed E-state index contributed by atoms with van der Waals surface area (Å²) in [6.07, 6.45) is 0.225. The van der Waals surface area contributed by atoms with Crippen molar-refractivity contribution in [3.8, 4) is 6.07 Å². The topological polar surface area (TPSA) is 82.7 Å². The summed E-state index contributed by atoms with van der Waals surface area (Å²) in [5.74, 6) is 0. The molecule has 68 valence electrons. The monoisotopic (exact) mass is 177 g/mol. The molecule has 0 aliphatic heterocycles. The first-order valence-corrected chi connectivity index (χ1v) is 3.97. The van der Waals surface area contributed by atoms with Crippen LogP contribution in [0.4, 0.5) is 0 Å². The quantitative estimate of drug-likeness (QED) is 0.693. The predicted octanol–water partition coefficient (Wildman–Crippen LogP) is 0.597. The van der Waals surface area contributed by atoms with Crippen LogP contribution in [0.3, 0.4) is 0 Å². The number of nitrogens with one attached hydrogen (secondary N) is 1. The van der Waals surface area contributed by atoms with E-state index < -0.39 is 0 Å². The van der Waals surface area contributed by atoms with Crippen LogP contribution in [0.5, 0.6) is 0 Å². The molecule has 3 N–H and O–H groups in total. The van der Waals surface area contributed by atoms with E-state index in [1.54, 1.807) is 13.0 Å². The van der Waals surface area contributed by atoms with Crippen molar-refractivity contribution in [3.63, 3.8) is 0 Å². The minimum Gasteiger partial charge on any atom is -0.326 e. The molecule has 13 heavy (non-hydrogen) atoms. The van der Waals surface area contributed by atoms with Crippen molar-refractivity contribution in [3.05, 3.63) is 33.7 Å². The smallest absolute Gasteiger partial charge is 0.248 e. The molecule has 4 heteroatoms. The number of rotatable bonds is 2. The van der Waals surface area contributed by atoms with Crippen LogP contribution in [0, 0.1) is 18.3 Å². The van der Waals surface area contributed by atoms with Gasteiger partial charge < -0.3 is 10.7 Å². The van der Waals surface area contributed by atoms with Gasteiger partial charge in [-0.1, -0.05) is 0 Å². The second-order valence-electron chi connectivity index (χ2n) is 2.93. The number of aromatic amines is 1. The normalized spacial score (nSPS) is 12.1. The summed E-state index contributed by atoms with van der Waals surface area (Å²) >= 11 is 0. The van der Waals surface area contributed by atoms with Gasteiger partial charge in [-0.2, -0.15) is 5.26 Å². The number of H-pyrrole nitrogens is 1. The Morgan fingerprint density at radius 1 is 1.69 bits per heavy atom. The van der Waals surface area contributed by atoms with Crippen LogP contribution in [-0.4, -0.2) is 4.98 Å². The number of nitriles is 1. The largest absolute Gasteiger partial charge is 0.326 e. The molecule has 0 bridgehead atoms. The van der Waals surface area contributed by atoms with Gasteiger partial charge in [0, 0.05) is 17.8 Å². The average Bonchev–Trinajstić information content (AvgIpc) is 2.03. The lowest BCUT2D eigenvalue weighted by Crippen LogP contribution is -2.15. The van der Waals surface area contributed by atoms with Crippen LogP contribution >= 0.6 is 0 Å². The maximum absolute atomic E-state index is 11.0. The lowest BCUT2D eigenvalue weighted by molar-refractivity contribution is 0.743. The Morgan fingerprint density at radius 3 is 2.92 bits per heavy atom. The van der Waals surface area contributed by atoms with Crippen molar-refractivity contribution >= 4 is 0 Å². The molecule has 1 rings (SSSR count). The standard InChI is InChI=1S/C9H11N3O/c1-6-4-7(5-9(13)12-6)8(11)2-3-10/h4-5,8H,2,11H2,1H3,(H,12,13). The summed E-state index contributed by atoms with van der Waals surface area (Å²) in [7, 11) is 0. The molecule has 0 saturated carbocycles. The van der Waals surface area contributed by atoms with Crippen molar-refractivity contribution in [1.82, 2.24) is 4.98 Å². The Morgan fingerprint density at radius 2 is 2.38 bits per heavy atom. The lowest BCUT2D eigenvalue weighted by atomic mass is 10.1. The van der Waals surface area contributed by atoms with Gasteiger partial charge in [0.25, 0.3) is 0 Å². The Balaban J connectivity index is 3.02. The van der Waals surface area contributed by atoms with Gasteiger partial charge in [-0.05, 0) is 18.6 Å². The summed E-state index contributed by atoms with van der Waals surface area (Å²) in [6, 6.07) is 4.80. The van der Waals surface area contributed by atoms with Crippen LogP contribution in [0.25, 0.3) is 0 Å². The number of hydrogen-bond donors (Lipinski definition) is 2. The summed E-state index contributed by atoms with van der Waals surface area (Å²) in [6.45, 7) is 1.78. The van der Waals surface area contributed by atoms with Crippen molar-refractivity contribution in [2.75, 3.05) is 0 Å². The third kappa shape index (κ3) is 2.42. The highest BCUT2D eigenvalue weighted by Gasteiger charge is 2.05. The fourth-order valence-electron chi connectivity index (χ4n) is 1.14. The Kier molecular flexibility index (Phi) is 2.83. The van der Waals surface area contributed by atoms with E-state index in [0.717, 1.165) is 5.69 Å². The SMILES string of the molecule is Cc1cc(C(N)CC#N)cc(=O)[nH]1. The lowest BCUT2D eigenvalue weighted by Gasteiger charge is -2.07. The minimum absolute atomic E-state index is 0.177. The van der Waals surface area contributed by atoms with E-state index in [-0.39, 0.29) is 18.0 Å². The van der Waals surface area contributed by atoms with Gasteiger partial charge in [0.1, 0.15) is 0 Å². The third-order valence-electron chi connectivity index (χ3n) is 1.74. The molecule has 0 aliphatic rings. The van der Waals surface area contributed by atoms with Gasteiger partial charge in [-0.25, -0.2) is 0 Å². The first-order valence-electron chi connectivity index (χ1n) is 3.97. The molecule has 0 aromatic carbocycles. The van der Waals surface area contributed by atoms with E-state index in [1.165, 1.54) is 6.07 Å². The first-order chi connectivity index (χ1) is 6.13. The van der Waals surface area contributed by atoms with Crippen LogP contribution in [0.15, 0.2) is 16.9 Å². The van der Waals surface area contributed by atoms with E-state index >= 15 is 0 Å². The summed E-state index contributed by atoms with van der Waals surface area (Å²) in [4.78, 5) is 13.6. The van der Waals surface area contributed by atoms with E-state index in [4.69, 9.17) is 11.0 Å². The molecule has 1 unspecified atom stereocenters. The van der Waals surface area contributed by atoms with Gasteiger partial charge in [0.15, 0.2) is 0 Å². The van der Waals surface area contributed by atoms with Gasteiger partial charge in [-0.15, -0.1) is 0 Å². The van der Waals surface area contributed by atoms with Crippen LogP contribution in [0.1, 0.15) is 23.7 Å². The highest BCUT2D eigenvalue weighted by molar-refractivity contribution is 5.19. The molecule has 0 saturated heterocycles. The van der Waals surface area contributed by atoms with Gasteiger partial charge in [0.2, 0.25) is 5.56 Å². The predicted molar refractivity (Wildman–Crippen MR) is 49.0 cm³/mol. The zero-order valence-electron chi connectivity index (χ0n) is 7.37. The van der Waals surface area contributed by atoms with Crippen molar-refractivity contribution in [2.45, 2.75) is 19.4 Å². The fourth-order valence-corrected chi connectivity index (χ4v) is 1.14. The highest BCUT2D eigenvalue weighted by atomic mass is 16.1. The van der Waals surface area contributed by atoms with Crippen LogP contribution < -0.4 is 11.3 Å². The second kappa shape index (κ2) is 3.87. The van der Waals surface area contributed by atoms with E-state index in [0.29, 0.717) is 5.56 Å². The molecule has 1 atom stereocenters. The first kappa shape index (κ1) is 9.49. The zero-order chi connectivity index (χ0) is 9.84. The molecule has 0 fully saturated rings. The number of aryl methyl sites for hydroxylation is 1. The van der Waals surface area contributed by atoms with Crippen LogP contribution in [0.2, 0.25) is 0 Å². The molecule has 4 nitrogen and oxygen atoms in total. The average molecular weight is 177 g/mol. The number of nitrogens with zero attached hydrogens (tertiary/aromatic N) is 1. The molecule has 0 aliphatic carbocycles. The van der Waals surface area contributed by atoms with Crippen LogP contribution in [-0.2, 0) is 0 Å². The summed E-state index contributed by atoms with van der Waals surface area (Å²) in [5.41, 5.74) is 6.96. The number of pyridine rings is 1. The zero-order valence-corrected chi connectivity index (χ0v) is 7.37. The molecule has 0 amide bonds. The molecular formula is C9H11N3O. The Hall–Kier alpha value is -1.60. The molecule has 1 aromatic heterocycles. The molecule has 0 spiro atoms. The number of aromatic nitrogens is 1. The van der Waals surface area contributed by atoms with E-state index in [1.807, 2.05) is 6.07 Å². The maximum Gasteiger partial charge on any atom is 0.248 e.